The first kappa shape index (κ1) is 11.6. The average molecular weight is 217 g/mol. The fraction of sp³-hybridized carbons (Fsp3) is 0.300. The van der Waals surface area contributed by atoms with E-state index in [1.807, 2.05) is 0 Å². The minimum atomic E-state index is -1.19. The third-order valence-electron chi connectivity index (χ3n) is 1.77. The summed E-state index contributed by atoms with van der Waals surface area (Å²) in [4.78, 5) is 11.2. The van der Waals surface area contributed by atoms with Crippen molar-refractivity contribution in [1.29, 1.82) is 0 Å². The zero-order valence-electron chi connectivity index (χ0n) is 8.11. The van der Waals surface area contributed by atoms with Crippen molar-refractivity contribution >= 4 is 5.91 Å². The molecule has 0 aliphatic carbocycles. The molecule has 0 spiro atoms. The summed E-state index contributed by atoms with van der Waals surface area (Å²) in [5.74, 6) is -4.30. The zero-order chi connectivity index (χ0) is 11.4. The fourth-order valence-electron chi connectivity index (χ4n) is 1.09. The van der Waals surface area contributed by atoms with Gasteiger partial charge in [0.25, 0.3) is 5.91 Å². The van der Waals surface area contributed by atoms with Crippen LogP contribution in [0.4, 0.5) is 13.2 Å². The largest absolute Gasteiger partial charge is 0.352 e. The van der Waals surface area contributed by atoms with Gasteiger partial charge in [0.2, 0.25) is 0 Å². The molecular formula is C10H10F3NO. The van der Waals surface area contributed by atoms with E-state index in [1.165, 1.54) is 0 Å². The topological polar surface area (TPSA) is 29.1 Å². The third-order valence-corrected chi connectivity index (χ3v) is 1.77. The standard InChI is InChI=1S/C10H10F3NO/c1-2-3-14-10(15)9-7(12)4-6(11)5-8(9)13/h4-5H,2-3H2,1H3,(H,14,15). The molecule has 1 amide bonds. The normalized spacial score (nSPS) is 10.1. The molecule has 5 heteroatoms. The third kappa shape index (κ3) is 2.71. The van der Waals surface area contributed by atoms with Crippen LogP contribution in [0.3, 0.4) is 0 Å². The van der Waals surface area contributed by atoms with E-state index in [0.717, 1.165) is 0 Å². The Balaban J connectivity index is 2.98. The summed E-state index contributed by atoms with van der Waals surface area (Å²) >= 11 is 0. The molecule has 2 nitrogen and oxygen atoms in total. The van der Waals surface area contributed by atoms with Gasteiger partial charge >= 0.3 is 0 Å². The summed E-state index contributed by atoms with van der Waals surface area (Å²) in [5.41, 5.74) is -0.746. The molecule has 0 aliphatic rings. The fourth-order valence-corrected chi connectivity index (χ4v) is 1.09. The maximum Gasteiger partial charge on any atom is 0.257 e. The van der Waals surface area contributed by atoms with Crippen molar-refractivity contribution in [3.05, 3.63) is 35.1 Å². The van der Waals surface area contributed by atoms with E-state index in [-0.39, 0.29) is 0 Å². The minimum Gasteiger partial charge on any atom is -0.352 e. The van der Waals surface area contributed by atoms with Crippen molar-refractivity contribution in [3.8, 4) is 0 Å². The first-order chi connectivity index (χ1) is 7.06. The highest BCUT2D eigenvalue weighted by Crippen LogP contribution is 2.14. The average Bonchev–Trinajstić information content (AvgIpc) is 2.12. The molecule has 0 saturated heterocycles. The van der Waals surface area contributed by atoms with Crippen LogP contribution in [0.15, 0.2) is 12.1 Å². The molecule has 0 saturated carbocycles. The van der Waals surface area contributed by atoms with Gasteiger partial charge in [0, 0.05) is 18.7 Å². The second-order valence-electron chi connectivity index (χ2n) is 3.00. The predicted molar refractivity (Wildman–Crippen MR) is 48.9 cm³/mol. The Morgan fingerprint density at radius 3 is 2.27 bits per heavy atom. The molecule has 82 valence electrons. The van der Waals surface area contributed by atoms with Gasteiger partial charge in [-0.05, 0) is 6.42 Å². The molecule has 0 atom stereocenters. The molecule has 0 fully saturated rings. The number of hydrogen-bond acceptors (Lipinski definition) is 1. The predicted octanol–water partition coefficient (Wildman–Crippen LogP) is 2.24. The van der Waals surface area contributed by atoms with Crippen LogP contribution in [0.5, 0.6) is 0 Å². The lowest BCUT2D eigenvalue weighted by Gasteiger charge is -2.05. The lowest BCUT2D eigenvalue weighted by molar-refractivity contribution is 0.0945. The van der Waals surface area contributed by atoms with E-state index in [9.17, 15) is 18.0 Å². The highest BCUT2D eigenvalue weighted by Gasteiger charge is 2.18. The van der Waals surface area contributed by atoms with E-state index in [2.05, 4.69) is 5.32 Å². The quantitative estimate of drug-likeness (QED) is 0.826. The van der Waals surface area contributed by atoms with Gasteiger partial charge in [0.05, 0.1) is 0 Å². The van der Waals surface area contributed by atoms with Crippen molar-refractivity contribution in [2.45, 2.75) is 13.3 Å². The number of halogens is 3. The number of rotatable bonds is 3. The molecule has 1 aromatic carbocycles. The molecule has 1 N–H and O–H groups in total. The van der Waals surface area contributed by atoms with Crippen LogP contribution in [-0.4, -0.2) is 12.5 Å². The lowest BCUT2D eigenvalue weighted by atomic mass is 10.2. The van der Waals surface area contributed by atoms with Gasteiger partial charge in [0.1, 0.15) is 23.0 Å². The van der Waals surface area contributed by atoms with Crippen LogP contribution in [0.2, 0.25) is 0 Å². The van der Waals surface area contributed by atoms with Gasteiger partial charge in [-0.15, -0.1) is 0 Å². The number of carbonyl (C=O) groups excluding carboxylic acids is 1. The Hall–Kier alpha value is -1.52. The SMILES string of the molecule is CCCNC(=O)c1c(F)cc(F)cc1F. The second kappa shape index (κ2) is 4.82. The molecule has 1 aromatic rings. The Kier molecular flexibility index (Phi) is 3.71. The summed E-state index contributed by atoms with van der Waals surface area (Å²) in [5, 5.41) is 2.31. The summed E-state index contributed by atoms with van der Waals surface area (Å²) < 4.78 is 38.6. The van der Waals surface area contributed by atoms with Gasteiger partial charge in [-0.1, -0.05) is 6.92 Å². The molecule has 15 heavy (non-hydrogen) atoms. The zero-order valence-corrected chi connectivity index (χ0v) is 8.11. The van der Waals surface area contributed by atoms with Crippen LogP contribution in [0.25, 0.3) is 0 Å². The van der Waals surface area contributed by atoms with Gasteiger partial charge < -0.3 is 5.32 Å². The highest BCUT2D eigenvalue weighted by molar-refractivity contribution is 5.94. The maximum absolute atomic E-state index is 13.0. The Morgan fingerprint density at radius 1 is 1.27 bits per heavy atom. The summed E-state index contributed by atoms with van der Waals surface area (Å²) in [6.07, 6.45) is 0.649. The Morgan fingerprint density at radius 2 is 1.80 bits per heavy atom. The van der Waals surface area contributed by atoms with E-state index in [4.69, 9.17) is 0 Å². The van der Waals surface area contributed by atoms with Crippen LogP contribution in [-0.2, 0) is 0 Å². The number of amides is 1. The van der Waals surface area contributed by atoms with Crippen LogP contribution < -0.4 is 5.32 Å². The first-order valence-corrected chi connectivity index (χ1v) is 4.49. The number of nitrogens with one attached hydrogen (secondary N) is 1. The molecule has 0 aliphatic heterocycles. The van der Waals surface area contributed by atoms with E-state index < -0.39 is 28.9 Å². The smallest absolute Gasteiger partial charge is 0.257 e. The monoisotopic (exact) mass is 217 g/mol. The van der Waals surface area contributed by atoms with E-state index >= 15 is 0 Å². The summed E-state index contributed by atoms with van der Waals surface area (Å²) in [6, 6.07) is 0.952. The molecular weight excluding hydrogens is 207 g/mol. The Bertz CT molecular complexity index is 356. The van der Waals surface area contributed by atoms with Crippen LogP contribution in [0.1, 0.15) is 23.7 Å². The Labute approximate surface area is 85.1 Å². The molecule has 1 rings (SSSR count). The van der Waals surface area contributed by atoms with Crippen LogP contribution in [0, 0.1) is 17.5 Å². The van der Waals surface area contributed by atoms with Crippen molar-refractivity contribution in [2.75, 3.05) is 6.54 Å². The van der Waals surface area contributed by atoms with E-state index in [1.54, 1.807) is 6.92 Å². The first-order valence-electron chi connectivity index (χ1n) is 4.49. The molecule has 0 radical (unpaired) electrons. The van der Waals surface area contributed by atoms with Gasteiger partial charge in [0.15, 0.2) is 0 Å². The van der Waals surface area contributed by atoms with Gasteiger partial charge in [-0.25, -0.2) is 13.2 Å². The molecule has 0 aromatic heterocycles. The van der Waals surface area contributed by atoms with Crippen molar-refractivity contribution in [3.63, 3.8) is 0 Å². The maximum atomic E-state index is 13.0. The molecule has 0 unspecified atom stereocenters. The molecule has 0 heterocycles. The highest BCUT2D eigenvalue weighted by atomic mass is 19.1. The summed E-state index contributed by atoms with van der Waals surface area (Å²) in [7, 11) is 0. The van der Waals surface area contributed by atoms with Crippen molar-refractivity contribution in [1.82, 2.24) is 5.32 Å². The van der Waals surface area contributed by atoms with Gasteiger partial charge in [-0.3, -0.25) is 4.79 Å². The number of benzene rings is 1. The van der Waals surface area contributed by atoms with E-state index in [0.29, 0.717) is 25.1 Å². The lowest BCUT2D eigenvalue weighted by Crippen LogP contribution is -2.26. The number of carbonyl (C=O) groups is 1. The minimum absolute atomic E-state index is 0.315. The number of hydrogen-bond donors (Lipinski definition) is 1. The van der Waals surface area contributed by atoms with Crippen molar-refractivity contribution < 1.29 is 18.0 Å². The molecule has 0 bridgehead atoms. The second-order valence-corrected chi connectivity index (χ2v) is 3.00. The van der Waals surface area contributed by atoms with Crippen LogP contribution >= 0.6 is 0 Å². The van der Waals surface area contributed by atoms with Gasteiger partial charge in [-0.2, -0.15) is 0 Å². The van der Waals surface area contributed by atoms with Crippen molar-refractivity contribution in [2.24, 2.45) is 0 Å². The summed E-state index contributed by atoms with van der Waals surface area (Å²) in [6.45, 7) is 2.12.